The van der Waals surface area contributed by atoms with Gasteiger partial charge in [0.05, 0.1) is 33.7 Å². The molecule has 170 valence electrons. The molecule has 0 aliphatic carbocycles. The molecule has 3 aromatic carbocycles. The van der Waals surface area contributed by atoms with E-state index in [1.165, 1.54) is 0 Å². The molecule has 0 unspecified atom stereocenters. The van der Waals surface area contributed by atoms with Gasteiger partial charge >= 0.3 is 5.69 Å². The minimum Gasteiger partial charge on any atom is -0.370 e. The van der Waals surface area contributed by atoms with Gasteiger partial charge in [-0.2, -0.15) is 0 Å². The summed E-state index contributed by atoms with van der Waals surface area (Å²) in [4.78, 5) is 37.9. The van der Waals surface area contributed by atoms with Crippen molar-refractivity contribution >= 4 is 39.4 Å². The standard InChI is InChI=1S/C26H24N6O2/c1-16-19(25(33)32(30-16)23-10-6-8-17-7-2-3-9-18(17)23)15-27-22-13-20-21(29-26(34)28-20)14-24(22)31-11-4-5-12-31/h2-3,6-10,13-15,30H,4-5,11-12H2,1H3,(H2,28,29,34). The molecule has 0 amide bonds. The summed E-state index contributed by atoms with van der Waals surface area (Å²) in [5.41, 5.74) is 4.76. The maximum absolute atomic E-state index is 13.4. The first-order valence-electron chi connectivity index (χ1n) is 11.4. The molecule has 3 N–H and O–H groups in total. The van der Waals surface area contributed by atoms with Gasteiger partial charge < -0.3 is 14.9 Å². The van der Waals surface area contributed by atoms with Crippen molar-refractivity contribution in [3.63, 3.8) is 0 Å². The molecule has 5 aromatic rings. The molecule has 0 spiro atoms. The van der Waals surface area contributed by atoms with Gasteiger partial charge in [0, 0.05) is 30.4 Å². The van der Waals surface area contributed by atoms with Crippen molar-refractivity contribution in [2.45, 2.75) is 19.8 Å². The van der Waals surface area contributed by atoms with Crippen molar-refractivity contribution in [2.24, 2.45) is 4.99 Å². The zero-order valence-corrected chi connectivity index (χ0v) is 18.8. The van der Waals surface area contributed by atoms with E-state index in [1.807, 2.05) is 61.5 Å². The highest BCUT2D eigenvalue weighted by Gasteiger charge is 2.18. The summed E-state index contributed by atoms with van der Waals surface area (Å²) in [6, 6.07) is 17.7. The number of benzene rings is 3. The number of hydrogen-bond donors (Lipinski definition) is 3. The molecule has 8 heteroatoms. The maximum atomic E-state index is 13.4. The number of anilines is 1. The number of H-pyrrole nitrogens is 3. The number of fused-ring (bicyclic) bond motifs is 2. The third-order valence-corrected chi connectivity index (χ3v) is 6.52. The maximum Gasteiger partial charge on any atom is 0.323 e. The average molecular weight is 453 g/mol. The Balaban J connectivity index is 1.45. The van der Waals surface area contributed by atoms with Gasteiger partial charge in [0.2, 0.25) is 0 Å². The van der Waals surface area contributed by atoms with Crippen LogP contribution in [0.1, 0.15) is 24.1 Å². The molecule has 0 radical (unpaired) electrons. The van der Waals surface area contributed by atoms with Crippen LogP contribution in [0.5, 0.6) is 0 Å². The van der Waals surface area contributed by atoms with Crippen LogP contribution in [0.4, 0.5) is 11.4 Å². The highest BCUT2D eigenvalue weighted by molar-refractivity contribution is 5.92. The Kier molecular flexibility index (Phi) is 4.72. The fraction of sp³-hybridized carbons (Fsp3) is 0.192. The Morgan fingerprint density at radius 3 is 2.47 bits per heavy atom. The van der Waals surface area contributed by atoms with Gasteiger partial charge in [0.1, 0.15) is 0 Å². The normalized spacial score (nSPS) is 14.2. The van der Waals surface area contributed by atoms with Crippen LogP contribution in [0.3, 0.4) is 0 Å². The Morgan fingerprint density at radius 2 is 1.65 bits per heavy atom. The van der Waals surface area contributed by atoms with Gasteiger partial charge in [-0.25, -0.2) is 9.48 Å². The van der Waals surface area contributed by atoms with Crippen LogP contribution >= 0.6 is 0 Å². The third-order valence-electron chi connectivity index (χ3n) is 6.52. The van der Waals surface area contributed by atoms with Crippen molar-refractivity contribution in [3.05, 3.63) is 86.7 Å². The molecular weight excluding hydrogens is 428 g/mol. The molecule has 0 bridgehead atoms. The van der Waals surface area contributed by atoms with Gasteiger partial charge in [0.25, 0.3) is 5.56 Å². The van der Waals surface area contributed by atoms with Gasteiger partial charge in [-0.15, -0.1) is 0 Å². The molecule has 0 atom stereocenters. The molecule has 34 heavy (non-hydrogen) atoms. The van der Waals surface area contributed by atoms with E-state index in [9.17, 15) is 9.59 Å². The lowest BCUT2D eigenvalue weighted by molar-refractivity contribution is 0.841. The zero-order valence-electron chi connectivity index (χ0n) is 18.8. The number of nitrogens with zero attached hydrogens (tertiary/aromatic N) is 3. The molecule has 1 fully saturated rings. The highest BCUT2D eigenvalue weighted by atomic mass is 16.1. The van der Waals surface area contributed by atoms with Gasteiger partial charge in [-0.1, -0.05) is 36.4 Å². The molecule has 0 saturated carbocycles. The predicted octanol–water partition coefficient (Wildman–Crippen LogP) is 4.15. The largest absolute Gasteiger partial charge is 0.370 e. The summed E-state index contributed by atoms with van der Waals surface area (Å²) in [5.74, 6) is 0. The topological polar surface area (TPSA) is 102 Å². The first-order chi connectivity index (χ1) is 16.6. The highest BCUT2D eigenvalue weighted by Crippen LogP contribution is 2.34. The first kappa shape index (κ1) is 20.3. The predicted molar refractivity (Wildman–Crippen MR) is 136 cm³/mol. The minimum absolute atomic E-state index is 0.156. The number of aromatic amines is 3. The van der Waals surface area contributed by atoms with Crippen LogP contribution < -0.4 is 16.1 Å². The van der Waals surface area contributed by atoms with E-state index >= 15 is 0 Å². The Morgan fingerprint density at radius 1 is 0.912 bits per heavy atom. The fourth-order valence-electron chi connectivity index (χ4n) is 4.79. The number of aliphatic imine (C=N–C) groups is 1. The van der Waals surface area contributed by atoms with E-state index in [0.29, 0.717) is 11.1 Å². The lowest BCUT2D eigenvalue weighted by Crippen LogP contribution is -2.18. The number of hydrogen-bond acceptors (Lipinski definition) is 4. The van der Waals surface area contributed by atoms with Crippen LogP contribution in [0.2, 0.25) is 0 Å². The second-order valence-corrected chi connectivity index (χ2v) is 8.71. The number of rotatable bonds is 4. The first-order valence-corrected chi connectivity index (χ1v) is 11.4. The molecule has 6 rings (SSSR count). The quantitative estimate of drug-likeness (QED) is 0.357. The SMILES string of the molecule is Cc1[nH]n(-c2cccc3ccccc23)c(=O)c1C=Nc1cc2[nH]c(=O)[nH]c2cc1N1CCCC1. The van der Waals surface area contributed by atoms with Crippen LogP contribution in [-0.2, 0) is 0 Å². The van der Waals surface area contributed by atoms with Gasteiger partial charge in [-0.05, 0) is 43.4 Å². The van der Waals surface area contributed by atoms with Gasteiger partial charge in [0.15, 0.2) is 0 Å². The lowest BCUT2D eigenvalue weighted by Gasteiger charge is -2.19. The number of imidazole rings is 1. The molecule has 1 saturated heterocycles. The Labute approximate surface area is 194 Å². The second-order valence-electron chi connectivity index (χ2n) is 8.71. The van der Waals surface area contributed by atoms with Crippen molar-refractivity contribution in [2.75, 3.05) is 18.0 Å². The van der Waals surface area contributed by atoms with Crippen molar-refractivity contribution in [1.82, 2.24) is 19.7 Å². The summed E-state index contributed by atoms with van der Waals surface area (Å²) in [6.45, 7) is 3.76. The number of aromatic nitrogens is 4. The number of nitrogens with one attached hydrogen (secondary N) is 3. The summed E-state index contributed by atoms with van der Waals surface area (Å²) < 4.78 is 1.58. The average Bonchev–Trinajstić information content (AvgIpc) is 3.56. The van der Waals surface area contributed by atoms with Crippen LogP contribution in [0.15, 0.2) is 69.2 Å². The second kappa shape index (κ2) is 7.91. The summed E-state index contributed by atoms with van der Waals surface area (Å²) in [7, 11) is 0. The van der Waals surface area contributed by atoms with E-state index in [1.54, 1.807) is 10.9 Å². The summed E-state index contributed by atoms with van der Waals surface area (Å²) in [6.07, 6.45) is 3.87. The molecule has 1 aliphatic rings. The lowest BCUT2D eigenvalue weighted by atomic mass is 10.1. The Bertz CT molecular complexity index is 1670. The van der Waals surface area contributed by atoms with Gasteiger partial charge in [-0.3, -0.25) is 14.9 Å². The van der Waals surface area contributed by atoms with Crippen LogP contribution in [0.25, 0.3) is 27.5 Å². The Hall–Kier alpha value is -4.33. The van der Waals surface area contributed by atoms with Crippen LogP contribution in [0, 0.1) is 6.92 Å². The summed E-state index contributed by atoms with van der Waals surface area (Å²) in [5, 5.41) is 5.27. The monoisotopic (exact) mass is 452 g/mol. The van der Waals surface area contributed by atoms with E-state index in [0.717, 1.165) is 65.0 Å². The summed E-state index contributed by atoms with van der Waals surface area (Å²) >= 11 is 0. The minimum atomic E-state index is -0.247. The molecule has 8 nitrogen and oxygen atoms in total. The van der Waals surface area contributed by atoms with Crippen LogP contribution in [-0.4, -0.2) is 39.1 Å². The van der Waals surface area contributed by atoms with E-state index in [4.69, 9.17) is 4.99 Å². The molecule has 3 heterocycles. The molecule has 1 aliphatic heterocycles. The van der Waals surface area contributed by atoms with E-state index in [2.05, 4.69) is 20.0 Å². The molecule has 2 aromatic heterocycles. The third kappa shape index (κ3) is 3.35. The van der Waals surface area contributed by atoms with Crippen molar-refractivity contribution in [3.8, 4) is 5.69 Å². The van der Waals surface area contributed by atoms with E-state index in [-0.39, 0.29) is 11.2 Å². The van der Waals surface area contributed by atoms with Crippen molar-refractivity contribution < 1.29 is 0 Å². The smallest absolute Gasteiger partial charge is 0.323 e. The van der Waals surface area contributed by atoms with Crippen molar-refractivity contribution in [1.29, 1.82) is 0 Å². The van der Waals surface area contributed by atoms with E-state index < -0.39 is 0 Å². The fourth-order valence-corrected chi connectivity index (χ4v) is 4.79. The number of aryl methyl sites for hydroxylation is 1. The molecular formula is C26H24N6O2. The zero-order chi connectivity index (χ0) is 23.2.